The molecule has 0 fully saturated rings. The molecule has 1 N–H and O–H groups in total. The van der Waals surface area contributed by atoms with Crippen molar-refractivity contribution in [1.82, 2.24) is 0 Å². The smallest absolute Gasteiger partial charge is 0.270 e. The van der Waals surface area contributed by atoms with Gasteiger partial charge in [-0.25, -0.2) is 8.78 Å². The zero-order valence-electron chi connectivity index (χ0n) is 17.0. The summed E-state index contributed by atoms with van der Waals surface area (Å²) in [6.07, 6.45) is 0. The summed E-state index contributed by atoms with van der Waals surface area (Å²) in [5.41, 5.74) is 1.00. The number of anilines is 1. The molecule has 4 nitrogen and oxygen atoms in total. The molecule has 0 spiro atoms. The van der Waals surface area contributed by atoms with Gasteiger partial charge in [0.25, 0.3) is 5.91 Å². The van der Waals surface area contributed by atoms with Gasteiger partial charge in [-0.05, 0) is 67.4 Å². The molecule has 0 aliphatic carbocycles. The third-order valence-corrected chi connectivity index (χ3v) is 4.79. The van der Waals surface area contributed by atoms with E-state index in [0.29, 0.717) is 28.1 Å². The molecule has 0 heterocycles. The van der Waals surface area contributed by atoms with E-state index in [0.717, 1.165) is 0 Å². The zero-order chi connectivity index (χ0) is 21.9. The zero-order valence-corrected chi connectivity index (χ0v) is 17.0. The normalized spacial score (nSPS) is 11.3. The molecule has 30 heavy (non-hydrogen) atoms. The number of carbonyl (C=O) groups excluding carboxylic acids is 1. The minimum Gasteiger partial charge on any atom is -0.478 e. The summed E-state index contributed by atoms with van der Waals surface area (Å²) < 4.78 is 33.1. The van der Waals surface area contributed by atoms with Crippen molar-refractivity contribution in [2.24, 2.45) is 0 Å². The molecule has 1 amide bonds. The molecule has 3 aromatic rings. The Morgan fingerprint density at radius 3 is 2.20 bits per heavy atom. The summed E-state index contributed by atoms with van der Waals surface area (Å²) in [6, 6.07) is 17.0. The van der Waals surface area contributed by atoms with Gasteiger partial charge in [-0.2, -0.15) is 0 Å². The lowest BCUT2D eigenvalue weighted by molar-refractivity contribution is -0.131. The van der Waals surface area contributed by atoms with Crippen LogP contribution in [0.1, 0.15) is 19.4 Å². The van der Waals surface area contributed by atoms with E-state index < -0.39 is 11.4 Å². The highest BCUT2D eigenvalue weighted by Crippen LogP contribution is 2.28. The molecule has 0 radical (unpaired) electrons. The van der Waals surface area contributed by atoms with Crippen molar-refractivity contribution in [2.75, 3.05) is 11.9 Å². The number of amides is 1. The quantitative estimate of drug-likeness (QED) is 0.625. The Bertz CT molecular complexity index is 1030. The predicted molar refractivity (Wildman–Crippen MR) is 112 cm³/mol. The van der Waals surface area contributed by atoms with Gasteiger partial charge in [-0.15, -0.1) is 0 Å². The first kappa shape index (κ1) is 21.5. The van der Waals surface area contributed by atoms with E-state index in [1.54, 1.807) is 57.3 Å². The van der Waals surface area contributed by atoms with Crippen LogP contribution in [0.3, 0.4) is 0 Å². The van der Waals surface area contributed by atoms with E-state index in [1.807, 2.05) is 0 Å². The number of hydrogen-bond acceptors (Lipinski definition) is 3. The van der Waals surface area contributed by atoms with Gasteiger partial charge < -0.3 is 14.7 Å². The summed E-state index contributed by atoms with van der Waals surface area (Å²) in [6.45, 7) is 3.06. The number of rotatable bonds is 6. The van der Waals surface area contributed by atoms with E-state index >= 15 is 0 Å². The molecule has 3 rings (SSSR count). The molecule has 156 valence electrons. The number of aliphatic hydroxyl groups excluding tert-OH is 1. The number of likely N-dealkylation sites (N-methyl/N-ethyl adjacent to an activating group) is 1. The fourth-order valence-electron chi connectivity index (χ4n) is 3.12. The number of nitrogens with zero attached hydrogens (tertiary/aromatic N) is 1. The van der Waals surface area contributed by atoms with Gasteiger partial charge in [-0.1, -0.05) is 24.3 Å². The number of ether oxygens (including phenoxy) is 1. The second-order valence-electron chi connectivity index (χ2n) is 7.45. The lowest BCUT2D eigenvalue weighted by atomic mass is 10.0. The summed E-state index contributed by atoms with van der Waals surface area (Å²) in [4.78, 5) is 14.4. The van der Waals surface area contributed by atoms with E-state index in [-0.39, 0.29) is 18.3 Å². The third kappa shape index (κ3) is 4.66. The Morgan fingerprint density at radius 2 is 1.63 bits per heavy atom. The average Bonchev–Trinajstić information content (AvgIpc) is 2.74. The Kier molecular flexibility index (Phi) is 6.17. The van der Waals surface area contributed by atoms with Gasteiger partial charge in [0.05, 0.1) is 6.61 Å². The van der Waals surface area contributed by atoms with Crippen molar-refractivity contribution < 1.29 is 23.4 Å². The van der Waals surface area contributed by atoms with E-state index in [4.69, 9.17) is 9.84 Å². The van der Waals surface area contributed by atoms with Gasteiger partial charge in [0.1, 0.15) is 17.4 Å². The van der Waals surface area contributed by atoms with Crippen molar-refractivity contribution in [3.8, 4) is 16.9 Å². The standard InChI is InChI=1S/C24H23F2NO3/c1-24(2,30-20-11-7-18(25)8-12-20)23(29)27(3)19-9-5-17(6-10-19)21-13-4-16(15-28)14-22(21)26/h4-14,28H,15H2,1-3H3. The lowest BCUT2D eigenvalue weighted by Crippen LogP contribution is -2.47. The van der Waals surface area contributed by atoms with Crippen LogP contribution in [0.4, 0.5) is 14.5 Å². The molecule has 0 aliphatic heterocycles. The van der Waals surface area contributed by atoms with Crippen LogP contribution in [0.25, 0.3) is 11.1 Å². The maximum Gasteiger partial charge on any atom is 0.270 e. The molecular weight excluding hydrogens is 388 g/mol. The molecule has 0 saturated carbocycles. The molecule has 0 bridgehead atoms. The first-order chi connectivity index (χ1) is 14.2. The minimum absolute atomic E-state index is 0.223. The van der Waals surface area contributed by atoms with Gasteiger partial charge in [0.2, 0.25) is 0 Å². The lowest BCUT2D eigenvalue weighted by Gasteiger charge is -2.30. The molecule has 6 heteroatoms. The van der Waals surface area contributed by atoms with Crippen molar-refractivity contribution >= 4 is 11.6 Å². The van der Waals surface area contributed by atoms with Crippen molar-refractivity contribution in [3.05, 3.63) is 83.9 Å². The number of aliphatic hydroxyl groups is 1. The molecule has 0 unspecified atom stereocenters. The highest BCUT2D eigenvalue weighted by molar-refractivity contribution is 5.98. The van der Waals surface area contributed by atoms with Crippen molar-refractivity contribution in [1.29, 1.82) is 0 Å². The van der Waals surface area contributed by atoms with Crippen LogP contribution >= 0.6 is 0 Å². The maximum atomic E-state index is 14.3. The SMILES string of the molecule is CN(C(=O)C(C)(C)Oc1ccc(F)cc1)c1ccc(-c2ccc(CO)cc2F)cc1. The Morgan fingerprint density at radius 1 is 1.00 bits per heavy atom. The van der Waals surface area contributed by atoms with Crippen LogP contribution in [0.15, 0.2) is 66.7 Å². The van der Waals surface area contributed by atoms with Gasteiger partial charge in [-0.3, -0.25) is 4.79 Å². The Labute approximate surface area is 174 Å². The van der Waals surface area contributed by atoms with Crippen LogP contribution < -0.4 is 9.64 Å². The summed E-state index contributed by atoms with van der Waals surface area (Å²) in [7, 11) is 1.63. The molecule has 0 saturated heterocycles. The second-order valence-corrected chi connectivity index (χ2v) is 7.45. The maximum absolute atomic E-state index is 14.3. The highest BCUT2D eigenvalue weighted by atomic mass is 19.1. The van der Waals surface area contributed by atoms with E-state index in [1.165, 1.54) is 35.2 Å². The van der Waals surface area contributed by atoms with Crippen molar-refractivity contribution in [3.63, 3.8) is 0 Å². The molecule has 0 atom stereocenters. The summed E-state index contributed by atoms with van der Waals surface area (Å²) in [5, 5.41) is 9.11. The number of benzene rings is 3. The fourth-order valence-corrected chi connectivity index (χ4v) is 3.12. The van der Waals surface area contributed by atoms with Gasteiger partial charge >= 0.3 is 0 Å². The van der Waals surface area contributed by atoms with Crippen LogP contribution in [-0.2, 0) is 11.4 Å². The Balaban J connectivity index is 1.76. The van der Waals surface area contributed by atoms with Gasteiger partial charge in [0, 0.05) is 18.3 Å². The van der Waals surface area contributed by atoms with Gasteiger partial charge in [0.15, 0.2) is 5.60 Å². The minimum atomic E-state index is -1.18. The first-order valence-electron chi connectivity index (χ1n) is 9.44. The molecular formula is C24H23F2NO3. The van der Waals surface area contributed by atoms with Crippen LogP contribution in [0.5, 0.6) is 5.75 Å². The van der Waals surface area contributed by atoms with Crippen LogP contribution in [0.2, 0.25) is 0 Å². The third-order valence-electron chi connectivity index (χ3n) is 4.79. The number of hydrogen-bond donors (Lipinski definition) is 1. The predicted octanol–water partition coefficient (Wildman–Crippen LogP) is 4.94. The fraction of sp³-hybridized carbons (Fsp3) is 0.208. The number of halogens is 2. The first-order valence-corrected chi connectivity index (χ1v) is 9.44. The second kappa shape index (κ2) is 8.63. The summed E-state index contributed by atoms with van der Waals surface area (Å²) >= 11 is 0. The summed E-state index contributed by atoms with van der Waals surface area (Å²) in [5.74, 6) is -0.711. The largest absolute Gasteiger partial charge is 0.478 e. The van der Waals surface area contributed by atoms with E-state index in [9.17, 15) is 13.6 Å². The molecule has 0 aliphatic rings. The van der Waals surface area contributed by atoms with Crippen LogP contribution in [-0.4, -0.2) is 23.7 Å². The Hall–Kier alpha value is -3.25. The number of carbonyl (C=O) groups is 1. The highest BCUT2D eigenvalue weighted by Gasteiger charge is 2.33. The van der Waals surface area contributed by atoms with Crippen LogP contribution in [0, 0.1) is 11.6 Å². The topological polar surface area (TPSA) is 49.8 Å². The average molecular weight is 411 g/mol. The molecule has 3 aromatic carbocycles. The molecule has 0 aromatic heterocycles. The monoisotopic (exact) mass is 411 g/mol. The van der Waals surface area contributed by atoms with E-state index in [2.05, 4.69) is 0 Å². The van der Waals surface area contributed by atoms with Crippen molar-refractivity contribution in [2.45, 2.75) is 26.1 Å².